The highest BCUT2D eigenvalue weighted by Crippen LogP contribution is 2.39. The Labute approximate surface area is 278 Å². The summed E-state index contributed by atoms with van der Waals surface area (Å²) < 4.78 is 6.85. The summed E-state index contributed by atoms with van der Waals surface area (Å²) in [5.41, 5.74) is 0. The Balaban J connectivity index is 4.44. The molecule has 2 atom stereocenters. The second kappa shape index (κ2) is 28.6. The molecule has 0 aromatic carbocycles. The Morgan fingerprint density at radius 1 is 0.591 bits per heavy atom. The quantitative estimate of drug-likeness (QED) is 0.0454. The Hall–Kier alpha value is -0.613. The van der Waals surface area contributed by atoms with Gasteiger partial charge >= 0.3 is 5.97 Å². The zero-order valence-corrected chi connectivity index (χ0v) is 32.2. The van der Waals surface area contributed by atoms with Crippen LogP contribution in [0.2, 0.25) is 18.1 Å². The van der Waals surface area contributed by atoms with Crippen LogP contribution in [-0.4, -0.2) is 25.5 Å². The smallest absolute Gasteiger partial charge is 0.309 e. The molecule has 0 bridgehead atoms. The minimum Gasteiger partial charge on any atom is -0.481 e. The summed E-state index contributed by atoms with van der Waals surface area (Å²) in [6.07, 6.45) is 38.7. The number of hydrogen-bond donors (Lipinski definition) is 1. The third-order valence-electron chi connectivity index (χ3n) is 10.1. The molecule has 3 nitrogen and oxygen atoms in total. The Morgan fingerprint density at radius 2 is 0.932 bits per heavy atom. The van der Waals surface area contributed by atoms with Crippen LogP contribution in [0.15, 0.2) is 12.2 Å². The van der Waals surface area contributed by atoms with E-state index in [4.69, 9.17) is 4.43 Å². The van der Waals surface area contributed by atoms with Crippen LogP contribution in [0.3, 0.4) is 0 Å². The predicted molar refractivity (Wildman–Crippen MR) is 198 cm³/mol. The van der Waals surface area contributed by atoms with E-state index < -0.39 is 14.3 Å². The molecule has 0 spiro atoms. The molecule has 0 aliphatic heterocycles. The van der Waals surface area contributed by atoms with Crippen LogP contribution in [0.5, 0.6) is 0 Å². The summed E-state index contributed by atoms with van der Waals surface area (Å²) in [6, 6.07) is 0. The van der Waals surface area contributed by atoms with Crippen molar-refractivity contribution in [1.29, 1.82) is 0 Å². The van der Waals surface area contributed by atoms with Gasteiger partial charge in [0.2, 0.25) is 0 Å². The van der Waals surface area contributed by atoms with Crippen molar-refractivity contribution >= 4 is 14.3 Å². The fraction of sp³-hybridized carbons (Fsp3) is 0.925. The van der Waals surface area contributed by atoms with Gasteiger partial charge in [-0.1, -0.05) is 182 Å². The zero-order valence-electron chi connectivity index (χ0n) is 31.2. The highest BCUT2D eigenvalue weighted by molar-refractivity contribution is 6.74. The molecule has 1 N–H and O–H groups in total. The molecule has 0 fully saturated rings. The van der Waals surface area contributed by atoms with Gasteiger partial charge in [0.15, 0.2) is 8.32 Å². The molecular formula is C40H80O3Si. The van der Waals surface area contributed by atoms with E-state index in [-0.39, 0.29) is 17.1 Å². The van der Waals surface area contributed by atoms with Gasteiger partial charge in [-0.15, -0.1) is 0 Å². The molecule has 0 saturated heterocycles. The maximum absolute atomic E-state index is 12.5. The number of aliphatic carboxylic acids is 1. The molecule has 4 heteroatoms. The molecule has 0 aliphatic carbocycles. The van der Waals surface area contributed by atoms with Gasteiger partial charge in [0.05, 0.1) is 12.0 Å². The molecule has 0 amide bonds. The van der Waals surface area contributed by atoms with E-state index in [0.717, 1.165) is 32.1 Å². The van der Waals surface area contributed by atoms with Crippen LogP contribution in [0.1, 0.15) is 208 Å². The molecule has 0 radical (unpaired) electrons. The van der Waals surface area contributed by atoms with Crippen molar-refractivity contribution in [3.05, 3.63) is 12.2 Å². The predicted octanol–water partition coefficient (Wildman–Crippen LogP) is 14.2. The van der Waals surface area contributed by atoms with Gasteiger partial charge in [-0.2, -0.15) is 0 Å². The summed E-state index contributed by atoms with van der Waals surface area (Å²) in [5, 5.41) is 10.4. The maximum Gasteiger partial charge on any atom is 0.309 e. The molecule has 0 rings (SSSR count). The summed E-state index contributed by atoms with van der Waals surface area (Å²) in [5.74, 6) is -1.02. The van der Waals surface area contributed by atoms with Crippen molar-refractivity contribution in [2.75, 3.05) is 0 Å². The topological polar surface area (TPSA) is 46.5 Å². The number of allylic oxidation sites excluding steroid dienone is 2. The van der Waals surface area contributed by atoms with Crippen molar-refractivity contribution in [1.82, 2.24) is 0 Å². The first-order valence-corrected chi connectivity index (χ1v) is 22.5. The normalized spacial score (nSPS) is 14.0. The summed E-state index contributed by atoms with van der Waals surface area (Å²) in [7, 11) is -2.04. The van der Waals surface area contributed by atoms with E-state index >= 15 is 0 Å². The van der Waals surface area contributed by atoms with Gasteiger partial charge in [0.1, 0.15) is 0 Å². The van der Waals surface area contributed by atoms with Crippen LogP contribution >= 0.6 is 0 Å². The van der Waals surface area contributed by atoms with Crippen LogP contribution in [0.25, 0.3) is 0 Å². The lowest BCUT2D eigenvalue weighted by molar-refractivity contribution is -0.145. The summed E-state index contributed by atoms with van der Waals surface area (Å²) >= 11 is 0. The maximum atomic E-state index is 12.5. The lowest BCUT2D eigenvalue weighted by atomic mass is 9.91. The molecule has 0 saturated carbocycles. The van der Waals surface area contributed by atoms with E-state index in [2.05, 4.69) is 59.9 Å². The van der Waals surface area contributed by atoms with E-state index in [1.54, 1.807) is 0 Å². The number of rotatable bonds is 32. The molecule has 0 aromatic heterocycles. The Bertz CT molecular complexity index is 666. The average molecular weight is 637 g/mol. The minimum atomic E-state index is -2.04. The van der Waals surface area contributed by atoms with Gasteiger partial charge in [-0.05, 0) is 56.7 Å². The average Bonchev–Trinajstić information content (AvgIpc) is 2.96. The highest BCUT2D eigenvalue weighted by atomic mass is 28.4. The SMILES string of the molecule is CCCCCCCCC=CCCCCCCCC(O[Si](C)(C)C(C)(C)C)C(CCCCCCCCCCCCCC)C(=O)O. The van der Waals surface area contributed by atoms with Crippen molar-refractivity contribution in [3.8, 4) is 0 Å². The largest absolute Gasteiger partial charge is 0.481 e. The third kappa shape index (κ3) is 24.6. The van der Waals surface area contributed by atoms with E-state index in [1.807, 2.05) is 0 Å². The van der Waals surface area contributed by atoms with Gasteiger partial charge in [0, 0.05) is 0 Å². The number of hydrogen-bond acceptors (Lipinski definition) is 2. The van der Waals surface area contributed by atoms with Crippen LogP contribution in [0.4, 0.5) is 0 Å². The van der Waals surface area contributed by atoms with Crippen molar-refractivity contribution < 1.29 is 14.3 Å². The van der Waals surface area contributed by atoms with Gasteiger partial charge in [0.25, 0.3) is 0 Å². The van der Waals surface area contributed by atoms with Crippen LogP contribution in [-0.2, 0) is 9.22 Å². The van der Waals surface area contributed by atoms with E-state index in [9.17, 15) is 9.90 Å². The van der Waals surface area contributed by atoms with Crippen LogP contribution < -0.4 is 0 Å². The first-order chi connectivity index (χ1) is 21.1. The van der Waals surface area contributed by atoms with E-state index in [0.29, 0.717) is 0 Å². The van der Waals surface area contributed by atoms with Crippen molar-refractivity contribution in [3.63, 3.8) is 0 Å². The van der Waals surface area contributed by atoms with Gasteiger partial charge < -0.3 is 9.53 Å². The summed E-state index contributed by atoms with van der Waals surface area (Å²) in [6.45, 7) is 15.9. The highest BCUT2D eigenvalue weighted by Gasteiger charge is 2.41. The molecule has 2 unspecified atom stereocenters. The number of carbonyl (C=O) groups is 1. The lowest BCUT2D eigenvalue weighted by Crippen LogP contribution is -2.47. The van der Waals surface area contributed by atoms with Crippen LogP contribution in [0, 0.1) is 5.92 Å². The standard InChI is InChI=1S/C40H80O3Si/c1-8-10-12-14-16-18-20-22-23-24-26-28-30-32-34-36-38(43-44(6,7)40(3,4)5)37(39(41)42)35-33-31-29-27-25-21-19-17-15-13-11-9-2/h22-23,37-38H,8-21,24-36H2,1-7H3,(H,41,42). The minimum absolute atomic E-state index is 0.0902. The molecule has 0 aliphatic rings. The zero-order chi connectivity index (χ0) is 32.9. The molecular weight excluding hydrogens is 557 g/mol. The van der Waals surface area contributed by atoms with Gasteiger partial charge in [-0.3, -0.25) is 4.79 Å². The first-order valence-electron chi connectivity index (χ1n) is 19.6. The molecule has 0 heterocycles. The number of carboxylic acid groups (broad SMARTS) is 1. The molecule has 44 heavy (non-hydrogen) atoms. The van der Waals surface area contributed by atoms with Gasteiger partial charge in [-0.25, -0.2) is 0 Å². The summed E-state index contributed by atoms with van der Waals surface area (Å²) in [4.78, 5) is 12.5. The fourth-order valence-corrected chi connectivity index (χ4v) is 7.38. The lowest BCUT2D eigenvalue weighted by Gasteiger charge is -2.41. The Morgan fingerprint density at radius 3 is 1.30 bits per heavy atom. The van der Waals surface area contributed by atoms with E-state index in [1.165, 1.54) is 141 Å². The van der Waals surface area contributed by atoms with Crippen molar-refractivity contribution in [2.24, 2.45) is 5.92 Å². The fourth-order valence-electron chi connectivity index (χ4n) is 5.99. The second-order valence-corrected chi connectivity index (χ2v) is 20.2. The molecule has 262 valence electrons. The van der Waals surface area contributed by atoms with Crippen molar-refractivity contribution in [2.45, 2.75) is 232 Å². The monoisotopic (exact) mass is 637 g/mol. The molecule has 0 aromatic rings. The number of carboxylic acids is 1. The number of unbranched alkanes of at least 4 members (excludes halogenated alkanes) is 22. The third-order valence-corrected chi connectivity index (χ3v) is 14.6. The Kier molecular flexibility index (Phi) is 28.2. The first kappa shape index (κ1) is 43.4. The second-order valence-electron chi connectivity index (χ2n) is 15.4.